The fourth-order valence-electron chi connectivity index (χ4n) is 4.46. The first-order valence-electron chi connectivity index (χ1n) is 10.4. The van der Waals surface area contributed by atoms with E-state index in [-0.39, 0.29) is 11.7 Å². The van der Waals surface area contributed by atoms with Gasteiger partial charge in [-0.25, -0.2) is 4.52 Å². The van der Waals surface area contributed by atoms with Gasteiger partial charge in [0, 0.05) is 43.3 Å². The van der Waals surface area contributed by atoms with Crippen LogP contribution in [-0.4, -0.2) is 61.8 Å². The molecule has 5 rings (SSSR count). The van der Waals surface area contributed by atoms with Crippen molar-refractivity contribution < 1.29 is 4.79 Å². The topological polar surface area (TPSA) is 65.8 Å². The van der Waals surface area contributed by atoms with E-state index in [4.69, 9.17) is 5.10 Å². The van der Waals surface area contributed by atoms with Crippen LogP contribution in [0.3, 0.4) is 0 Å². The highest BCUT2D eigenvalue weighted by Gasteiger charge is 2.33. The first-order valence-corrected chi connectivity index (χ1v) is 11.5. The van der Waals surface area contributed by atoms with Crippen LogP contribution in [-0.2, 0) is 4.79 Å². The summed E-state index contributed by atoms with van der Waals surface area (Å²) in [5, 5.41) is 9.24. The molecule has 0 bridgehead atoms. The average molecular weight is 422 g/mol. The molecule has 3 aliphatic heterocycles. The van der Waals surface area contributed by atoms with Crippen molar-refractivity contribution in [2.45, 2.75) is 39.5 Å². The highest BCUT2D eigenvalue weighted by atomic mass is 31.1. The number of aryl methyl sites for hydroxylation is 2. The molecule has 1 amide bonds. The Bertz CT molecular complexity index is 1130. The van der Waals surface area contributed by atoms with Gasteiger partial charge in [-0.05, 0) is 45.4 Å². The summed E-state index contributed by atoms with van der Waals surface area (Å²) >= 11 is 0. The van der Waals surface area contributed by atoms with E-state index in [2.05, 4.69) is 41.2 Å². The summed E-state index contributed by atoms with van der Waals surface area (Å²) in [6.45, 7) is 11.2. The van der Waals surface area contributed by atoms with Gasteiger partial charge in [-0.15, -0.1) is 0 Å². The molecule has 5 heterocycles. The van der Waals surface area contributed by atoms with Crippen molar-refractivity contribution in [1.29, 1.82) is 0 Å². The Hall–Kier alpha value is -2.50. The van der Waals surface area contributed by atoms with E-state index in [1.54, 1.807) is 6.08 Å². The molecule has 2 aromatic rings. The van der Waals surface area contributed by atoms with Gasteiger partial charge in [-0.1, -0.05) is 8.58 Å². The molecule has 0 aliphatic carbocycles. The van der Waals surface area contributed by atoms with Crippen LogP contribution in [0.4, 0.5) is 0 Å². The summed E-state index contributed by atoms with van der Waals surface area (Å²) in [4.78, 5) is 21.9. The minimum atomic E-state index is 0.0324. The Morgan fingerprint density at radius 2 is 2.07 bits per heavy atom. The second-order valence-corrected chi connectivity index (χ2v) is 9.80. The van der Waals surface area contributed by atoms with Gasteiger partial charge < -0.3 is 15.1 Å². The lowest BCUT2D eigenvalue weighted by Gasteiger charge is -2.40. The maximum Gasteiger partial charge on any atom is 0.252 e. The Morgan fingerprint density at radius 3 is 2.87 bits per heavy atom. The van der Waals surface area contributed by atoms with Crippen molar-refractivity contribution in [3.05, 3.63) is 59.0 Å². The van der Waals surface area contributed by atoms with Crippen molar-refractivity contribution >= 4 is 25.3 Å². The smallest absolute Gasteiger partial charge is 0.252 e. The van der Waals surface area contributed by atoms with Crippen LogP contribution < -0.4 is 5.32 Å². The molecule has 2 aromatic heterocycles. The highest BCUT2D eigenvalue weighted by molar-refractivity contribution is 7.51. The predicted molar refractivity (Wildman–Crippen MR) is 120 cm³/mol. The first kappa shape index (κ1) is 19.5. The molecule has 0 aromatic carbocycles. The van der Waals surface area contributed by atoms with E-state index in [9.17, 15) is 4.79 Å². The van der Waals surface area contributed by atoms with Gasteiger partial charge in [0.05, 0.1) is 40.3 Å². The number of piperazine rings is 1. The summed E-state index contributed by atoms with van der Waals surface area (Å²) in [7, 11) is 0.465. The Morgan fingerprint density at radius 1 is 1.23 bits per heavy atom. The van der Waals surface area contributed by atoms with Gasteiger partial charge in [0.2, 0.25) is 0 Å². The average Bonchev–Trinajstić information content (AvgIpc) is 3.13. The minimum absolute atomic E-state index is 0.0324. The number of allylic oxidation sites excluding steroid dienone is 1. The number of nitrogens with one attached hydrogen (secondary N) is 1. The minimum Gasteiger partial charge on any atom is -0.368 e. The lowest BCUT2D eigenvalue weighted by atomic mass is 10.1. The normalized spacial score (nSPS) is 25.3. The van der Waals surface area contributed by atoms with Crippen molar-refractivity contribution in [3.63, 3.8) is 0 Å². The number of hydrogen-bond donors (Lipinski definition) is 1. The Labute approximate surface area is 178 Å². The summed E-state index contributed by atoms with van der Waals surface area (Å²) in [5.74, 6) is 0.109. The molecule has 1 fully saturated rings. The maximum absolute atomic E-state index is 13.1. The number of hydrogen-bond acceptors (Lipinski definition) is 5. The van der Waals surface area contributed by atoms with Crippen molar-refractivity contribution in [1.82, 2.24) is 29.7 Å². The molecule has 0 radical (unpaired) electrons. The van der Waals surface area contributed by atoms with Gasteiger partial charge in [0.25, 0.3) is 5.91 Å². The van der Waals surface area contributed by atoms with E-state index < -0.39 is 0 Å². The molecule has 1 saturated heterocycles. The Balaban J connectivity index is 1.46. The van der Waals surface area contributed by atoms with Gasteiger partial charge in [-0.3, -0.25) is 9.78 Å². The van der Waals surface area contributed by atoms with E-state index in [0.29, 0.717) is 14.6 Å². The summed E-state index contributed by atoms with van der Waals surface area (Å²) in [6, 6.07) is 2.50. The van der Waals surface area contributed by atoms with Crippen LogP contribution in [0.15, 0.2) is 41.9 Å². The zero-order valence-corrected chi connectivity index (χ0v) is 18.8. The van der Waals surface area contributed by atoms with E-state index in [1.165, 1.54) is 5.57 Å². The number of amides is 1. The third kappa shape index (κ3) is 3.36. The largest absolute Gasteiger partial charge is 0.368 e. The number of aromatic nitrogens is 3. The molecule has 2 unspecified atom stereocenters. The molecular weight excluding hydrogens is 395 g/mol. The van der Waals surface area contributed by atoms with Crippen LogP contribution in [0.1, 0.15) is 30.9 Å². The molecule has 0 saturated carbocycles. The second kappa shape index (κ2) is 7.33. The second-order valence-electron chi connectivity index (χ2n) is 8.42. The number of carbonyl (C=O) groups excluding carboxylic acids is 1. The molecule has 7 nitrogen and oxygen atoms in total. The first-order chi connectivity index (χ1) is 14.4. The molecule has 8 heteroatoms. The van der Waals surface area contributed by atoms with Crippen LogP contribution in [0, 0.1) is 13.8 Å². The van der Waals surface area contributed by atoms with Gasteiger partial charge in [-0.2, -0.15) is 5.10 Å². The zero-order valence-electron chi connectivity index (χ0n) is 17.8. The van der Waals surface area contributed by atoms with Crippen molar-refractivity contribution in [3.8, 4) is 0 Å². The quantitative estimate of drug-likeness (QED) is 0.754. The third-order valence-electron chi connectivity index (χ3n) is 5.94. The van der Waals surface area contributed by atoms with Gasteiger partial charge in [0.1, 0.15) is 0 Å². The van der Waals surface area contributed by atoms with Crippen LogP contribution >= 0.6 is 8.58 Å². The summed E-state index contributed by atoms with van der Waals surface area (Å²) in [6.07, 6.45) is 7.99. The standard InChI is InChI=1S/C22H27N6OP/c1-13-7-17(26-6-5-23-14(2)10-26)12-27-21(29)9-20(30-22(13)27)18-8-19-16(4)24-15(3)11-28(19)25-18/h7-9,11-12,14,22-23,30H,5-6,10H2,1-4H3/t14-,22?/m1/s1. The third-order valence-corrected chi connectivity index (χ3v) is 7.66. The van der Waals surface area contributed by atoms with Crippen molar-refractivity contribution in [2.75, 3.05) is 19.6 Å². The number of fused-ring (bicyclic) bond motifs is 2. The van der Waals surface area contributed by atoms with Crippen LogP contribution in [0.5, 0.6) is 0 Å². The molecule has 3 atom stereocenters. The monoisotopic (exact) mass is 422 g/mol. The zero-order chi connectivity index (χ0) is 21.0. The molecule has 3 aliphatic rings. The Kier molecular flexibility index (Phi) is 4.75. The predicted octanol–water partition coefficient (Wildman–Crippen LogP) is 2.63. The lowest BCUT2D eigenvalue weighted by molar-refractivity contribution is -0.124. The van der Waals surface area contributed by atoms with E-state index in [1.807, 2.05) is 35.7 Å². The lowest BCUT2D eigenvalue weighted by Crippen LogP contribution is -2.49. The van der Waals surface area contributed by atoms with E-state index >= 15 is 0 Å². The number of carbonyl (C=O) groups is 1. The molecule has 1 N–H and O–H groups in total. The fraction of sp³-hybridized carbons (Fsp3) is 0.409. The SMILES string of the molecule is CC1=CC(N2CCN[C@H](C)C2)=CN2C(=O)C=C(c3cc4c(C)nc(C)cn4n3)PC12. The molecule has 30 heavy (non-hydrogen) atoms. The number of nitrogens with zero attached hydrogens (tertiary/aromatic N) is 5. The summed E-state index contributed by atoms with van der Waals surface area (Å²) < 4.78 is 1.88. The van der Waals surface area contributed by atoms with Crippen LogP contribution in [0.25, 0.3) is 10.8 Å². The number of rotatable bonds is 2. The highest BCUT2D eigenvalue weighted by Crippen LogP contribution is 2.47. The van der Waals surface area contributed by atoms with Crippen molar-refractivity contribution in [2.24, 2.45) is 0 Å². The van der Waals surface area contributed by atoms with E-state index in [0.717, 1.165) is 53.2 Å². The van der Waals surface area contributed by atoms with Gasteiger partial charge in [0.15, 0.2) is 0 Å². The fourth-order valence-corrected chi connectivity index (χ4v) is 5.88. The molecular formula is C22H27N6OP. The summed E-state index contributed by atoms with van der Waals surface area (Å²) in [5.41, 5.74) is 6.11. The molecule has 156 valence electrons. The maximum atomic E-state index is 13.1. The molecule has 0 spiro atoms. The van der Waals surface area contributed by atoms with Crippen LogP contribution in [0.2, 0.25) is 0 Å². The van der Waals surface area contributed by atoms with Gasteiger partial charge >= 0.3 is 0 Å².